The third kappa shape index (κ3) is 5.19. The Hall–Kier alpha value is -1.67. The summed E-state index contributed by atoms with van der Waals surface area (Å²) in [5, 5.41) is 7.63. The minimum atomic E-state index is -0.109. The molecule has 2 heterocycles. The first kappa shape index (κ1) is 20.1. The molecular formula is C18H20Cl2N4O2S. The van der Waals surface area contributed by atoms with Crippen LogP contribution in [0.25, 0.3) is 0 Å². The Labute approximate surface area is 173 Å². The van der Waals surface area contributed by atoms with Gasteiger partial charge in [0.2, 0.25) is 11.8 Å². The third-order valence-electron chi connectivity index (χ3n) is 4.58. The molecule has 144 valence electrons. The Morgan fingerprint density at radius 3 is 2.74 bits per heavy atom. The van der Waals surface area contributed by atoms with Crippen LogP contribution >= 0.6 is 35.4 Å². The molecule has 6 nitrogen and oxygen atoms in total. The number of thiocarbonyl (C=S) groups is 1. The number of ether oxygens (including phenoxy) is 2. The van der Waals surface area contributed by atoms with Crippen LogP contribution in [0.3, 0.4) is 0 Å². The molecule has 27 heavy (non-hydrogen) atoms. The van der Waals surface area contributed by atoms with Crippen molar-refractivity contribution >= 4 is 46.5 Å². The van der Waals surface area contributed by atoms with Crippen LogP contribution in [0.5, 0.6) is 5.88 Å². The van der Waals surface area contributed by atoms with Crippen molar-refractivity contribution in [1.29, 1.82) is 0 Å². The molecule has 1 saturated heterocycles. The summed E-state index contributed by atoms with van der Waals surface area (Å²) >= 11 is 17.6. The van der Waals surface area contributed by atoms with Crippen LogP contribution in [0, 0.1) is 0 Å². The van der Waals surface area contributed by atoms with Gasteiger partial charge in [0.25, 0.3) is 0 Å². The van der Waals surface area contributed by atoms with Crippen molar-refractivity contribution in [3.8, 4) is 5.88 Å². The van der Waals surface area contributed by atoms with Crippen molar-refractivity contribution in [1.82, 2.24) is 15.3 Å². The summed E-state index contributed by atoms with van der Waals surface area (Å²) in [6.07, 6.45) is 1.76. The summed E-state index contributed by atoms with van der Waals surface area (Å²) in [4.78, 5) is 8.28. The lowest BCUT2D eigenvalue weighted by Gasteiger charge is -2.38. The predicted molar refractivity (Wildman–Crippen MR) is 111 cm³/mol. The van der Waals surface area contributed by atoms with Gasteiger partial charge in [-0.1, -0.05) is 35.3 Å². The zero-order chi connectivity index (χ0) is 19.3. The van der Waals surface area contributed by atoms with E-state index in [4.69, 9.17) is 44.9 Å². The molecule has 1 aliphatic rings. The first-order valence-corrected chi connectivity index (χ1v) is 9.64. The van der Waals surface area contributed by atoms with Crippen LogP contribution in [0.2, 0.25) is 10.2 Å². The van der Waals surface area contributed by atoms with Crippen molar-refractivity contribution in [3.05, 3.63) is 46.1 Å². The molecule has 0 bridgehead atoms. The molecule has 1 aromatic carbocycles. The minimum absolute atomic E-state index is 0.109. The fraction of sp³-hybridized carbons (Fsp3) is 0.389. The zero-order valence-electron chi connectivity index (χ0n) is 14.8. The maximum Gasteiger partial charge on any atom is 0.233 e. The summed E-state index contributed by atoms with van der Waals surface area (Å²) in [7, 11) is 1.51. The highest BCUT2D eigenvalue weighted by Gasteiger charge is 2.34. The quantitative estimate of drug-likeness (QED) is 0.555. The van der Waals surface area contributed by atoms with Gasteiger partial charge >= 0.3 is 0 Å². The van der Waals surface area contributed by atoms with Gasteiger partial charge in [0, 0.05) is 36.3 Å². The Bertz CT molecular complexity index is 816. The van der Waals surface area contributed by atoms with Crippen LogP contribution in [-0.2, 0) is 10.2 Å². The number of anilines is 1. The molecule has 1 aromatic heterocycles. The molecule has 0 amide bonds. The molecule has 0 spiro atoms. The molecule has 0 radical (unpaired) electrons. The fourth-order valence-electron chi connectivity index (χ4n) is 3.10. The molecule has 9 heteroatoms. The maximum atomic E-state index is 6.21. The highest BCUT2D eigenvalue weighted by molar-refractivity contribution is 7.80. The van der Waals surface area contributed by atoms with Gasteiger partial charge in [0.1, 0.15) is 5.15 Å². The van der Waals surface area contributed by atoms with E-state index in [2.05, 4.69) is 26.7 Å². The molecular weight excluding hydrogens is 407 g/mol. The van der Waals surface area contributed by atoms with E-state index in [-0.39, 0.29) is 16.5 Å². The summed E-state index contributed by atoms with van der Waals surface area (Å²) in [6.45, 7) is 2.03. The van der Waals surface area contributed by atoms with Gasteiger partial charge in [-0.05, 0) is 42.8 Å². The number of nitrogens with zero attached hydrogens (tertiary/aromatic N) is 2. The fourth-order valence-corrected chi connectivity index (χ4v) is 3.63. The first-order valence-electron chi connectivity index (χ1n) is 8.48. The molecule has 1 fully saturated rings. The number of nitrogens with one attached hydrogen (secondary N) is 2. The predicted octanol–water partition coefficient (Wildman–Crippen LogP) is 3.83. The van der Waals surface area contributed by atoms with Crippen LogP contribution in [0.1, 0.15) is 18.4 Å². The number of methoxy groups -OCH3 is 1. The van der Waals surface area contributed by atoms with E-state index in [1.165, 1.54) is 18.7 Å². The third-order valence-corrected chi connectivity index (χ3v) is 5.26. The van der Waals surface area contributed by atoms with Gasteiger partial charge in [-0.3, -0.25) is 0 Å². The highest BCUT2D eigenvalue weighted by Crippen LogP contribution is 2.35. The highest BCUT2D eigenvalue weighted by atomic mass is 35.5. The van der Waals surface area contributed by atoms with E-state index in [1.807, 2.05) is 18.2 Å². The number of hydrogen-bond acceptors (Lipinski definition) is 5. The van der Waals surface area contributed by atoms with E-state index in [0.29, 0.717) is 30.8 Å². The number of rotatable bonds is 5. The van der Waals surface area contributed by atoms with Gasteiger partial charge in [-0.2, -0.15) is 4.98 Å². The molecule has 0 atom stereocenters. The summed E-state index contributed by atoms with van der Waals surface area (Å²) < 4.78 is 10.7. The van der Waals surface area contributed by atoms with Gasteiger partial charge < -0.3 is 20.1 Å². The minimum Gasteiger partial charge on any atom is -0.481 e. The largest absolute Gasteiger partial charge is 0.481 e. The Kier molecular flexibility index (Phi) is 6.70. The number of halogens is 2. The average Bonchev–Trinajstić information content (AvgIpc) is 2.66. The van der Waals surface area contributed by atoms with E-state index in [9.17, 15) is 0 Å². The lowest BCUT2D eigenvalue weighted by atomic mass is 9.74. The van der Waals surface area contributed by atoms with Crippen LogP contribution < -0.4 is 15.4 Å². The molecule has 0 aliphatic carbocycles. The lowest BCUT2D eigenvalue weighted by molar-refractivity contribution is 0.0515. The van der Waals surface area contributed by atoms with Crippen LogP contribution in [-0.4, -0.2) is 41.9 Å². The molecule has 1 aliphatic heterocycles. The molecule has 3 rings (SSSR count). The van der Waals surface area contributed by atoms with Gasteiger partial charge in [0.15, 0.2) is 5.11 Å². The second-order valence-electron chi connectivity index (χ2n) is 6.27. The first-order chi connectivity index (χ1) is 13.0. The van der Waals surface area contributed by atoms with Crippen LogP contribution in [0.4, 0.5) is 5.95 Å². The Morgan fingerprint density at radius 2 is 2.04 bits per heavy atom. The topological polar surface area (TPSA) is 68.3 Å². The summed E-state index contributed by atoms with van der Waals surface area (Å²) in [6, 6.07) is 9.48. The van der Waals surface area contributed by atoms with Crippen molar-refractivity contribution in [2.75, 3.05) is 32.2 Å². The molecule has 0 saturated carbocycles. The smallest absolute Gasteiger partial charge is 0.233 e. The van der Waals surface area contributed by atoms with Crippen molar-refractivity contribution in [2.24, 2.45) is 0 Å². The summed E-state index contributed by atoms with van der Waals surface area (Å²) in [5.41, 5.74) is 1.07. The Morgan fingerprint density at radius 1 is 1.26 bits per heavy atom. The van der Waals surface area contributed by atoms with E-state index < -0.39 is 0 Å². The summed E-state index contributed by atoms with van der Waals surface area (Å²) in [5.74, 6) is 0.640. The van der Waals surface area contributed by atoms with Gasteiger partial charge in [0.05, 0.1) is 7.11 Å². The number of hydrogen-bond donors (Lipinski definition) is 2. The monoisotopic (exact) mass is 426 g/mol. The average molecular weight is 427 g/mol. The van der Waals surface area contributed by atoms with Crippen molar-refractivity contribution in [2.45, 2.75) is 18.3 Å². The van der Waals surface area contributed by atoms with E-state index in [1.54, 1.807) is 0 Å². The molecule has 2 N–H and O–H groups in total. The second-order valence-corrected chi connectivity index (χ2v) is 7.50. The molecule has 0 unspecified atom stereocenters. The van der Waals surface area contributed by atoms with E-state index >= 15 is 0 Å². The second kappa shape index (κ2) is 9.01. The van der Waals surface area contributed by atoms with Gasteiger partial charge in [-0.25, -0.2) is 4.98 Å². The van der Waals surface area contributed by atoms with Crippen molar-refractivity contribution < 1.29 is 9.47 Å². The molecule has 2 aromatic rings. The Balaban J connectivity index is 1.70. The zero-order valence-corrected chi connectivity index (χ0v) is 17.1. The van der Waals surface area contributed by atoms with Crippen LogP contribution in [0.15, 0.2) is 30.3 Å². The number of benzene rings is 1. The van der Waals surface area contributed by atoms with E-state index in [0.717, 1.165) is 17.9 Å². The van der Waals surface area contributed by atoms with Gasteiger partial charge in [-0.15, -0.1) is 0 Å². The standard InChI is InChI=1S/C18H20Cl2N4O2S/c1-25-15-10-14(20)22-16(23-15)24-17(27)21-11-18(5-7-26-8-6-18)12-3-2-4-13(19)9-12/h2-4,9-10H,5-8,11H2,1H3,(H2,21,22,23,24,27). The normalized spacial score (nSPS) is 15.8. The SMILES string of the molecule is COc1cc(Cl)nc(NC(=S)NCC2(c3cccc(Cl)c3)CCOCC2)n1. The lowest BCUT2D eigenvalue weighted by Crippen LogP contribution is -2.45. The number of aromatic nitrogens is 2. The van der Waals surface area contributed by atoms with Crippen molar-refractivity contribution in [3.63, 3.8) is 0 Å². The maximum absolute atomic E-state index is 6.21.